The summed E-state index contributed by atoms with van der Waals surface area (Å²) in [6.07, 6.45) is 4.27. The quantitative estimate of drug-likeness (QED) is 0.113. The van der Waals surface area contributed by atoms with E-state index in [0.29, 0.717) is 69.4 Å². The second kappa shape index (κ2) is 15.8. The Morgan fingerprint density at radius 1 is 0.600 bits per heavy atom. The molecule has 2 aromatic carbocycles. The summed E-state index contributed by atoms with van der Waals surface area (Å²) in [6.45, 7) is 7.51. The first-order valence-electron chi connectivity index (χ1n) is 18.9. The maximum atomic E-state index is 12.2. The van der Waals surface area contributed by atoms with Gasteiger partial charge in [0.2, 0.25) is 23.6 Å². The molecule has 300 valence electrons. The Bertz CT molecular complexity index is 2720. The number of nitrogens with two attached hydrogens (primary N) is 4. The van der Waals surface area contributed by atoms with Gasteiger partial charge in [0.1, 0.15) is 23.3 Å². The molecule has 2 saturated carbocycles. The summed E-state index contributed by atoms with van der Waals surface area (Å²) >= 11 is 0. The molecule has 0 saturated heterocycles. The molecule has 4 heterocycles. The first kappa shape index (κ1) is 40.2. The van der Waals surface area contributed by atoms with Crippen LogP contribution >= 0.6 is 0 Å². The second-order valence-electron chi connectivity index (χ2n) is 15.2. The minimum atomic E-state index is -0.507. The molecule has 2 fully saturated rings. The number of aromatic nitrogens is 4. The summed E-state index contributed by atoms with van der Waals surface area (Å²) < 4.78 is 0. The summed E-state index contributed by atoms with van der Waals surface area (Å²) in [7, 11) is 0. The molecule has 1 unspecified atom stereocenters. The number of anilines is 4. The van der Waals surface area contributed by atoms with E-state index in [-0.39, 0.29) is 35.5 Å². The molecule has 0 spiro atoms. The standard InChI is InChI=1S/2C22H20N6O2/c2*1-10-3-11(2)15(21(25)29)7-14(10)18-5-12-6-19(26-9-17(12)20(24)27-18)28-22(30)16-4-13(16)8-23/h2*3,5-7,9,13,16H,4H2,1-2H3,(H2,24,27)(H2,25,29)(H,26,28,30)/t13-,16?;13-,16+/m10/s1. The SMILES string of the molecule is Cc1cc(C)c(-c2cc3cc(NC(=O)C4C[C@@H]4C#N)ncc3c(N)n2)cc1C(N)=O.Cc1cc(C)c(-c2cc3cc(NC(=O)[C@@H]4C[C@H]4C#N)ncc3c(N)n2)cc1C(N)=O. The number of carbonyl (C=O) groups excluding carboxylic acids is 4. The Labute approximate surface area is 344 Å². The van der Waals surface area contributed by atoms with Crippen LogP contribution in [0.3, 0.4) is 0 Å². The van der Waals surface area contributed by atoms with Crippen molar-refractivity contribution in [1.29, 1.82) is 10.5 Å². The van der Waals surface area contributed by atoms with Crippen molar-refractivity contribution in [3.8, 4) is 34.7 Å². The highest BCUT2D eigenvalue weighted by Gasteiger charge is 2.44. The molecule has 8 rings (SSSR count). The molecule has 10 N–H and O–H groups in total. The molecule has 4 atom stereocenters. The number of amides is 4. The predicted octanol–water partition coefficient (Wildman–Crippen LogP) is 5.39. The van der Waals surface area contributed by atoms with E-state index in [0.717, 1.165) is 44.2 Å². The lowest BCUT2D eigenvalue weighted by Gasteiger charge is -2.12. The molecular weight excluding hydrogens is 761 g/mol. The van der Waals surface area contributed by atoms with Crippen LogP contribution in [0.5, 0.6) is 0 Å². The third-order valence-electron chi connectivity index (χ3n) is 10.8. The van der Waals surface area contributed by atoms with Gasteiger partial charge >= 0.3 is 0 Å². The molecule has 2 aliphatic rings. The van der Waals surface area contributed by atoms with Gasteiger partial charge in [-0.25, -0.2) is 19.9 Å². The molecule has 16 nitrogen and oxygen atoms in total. The second-order valence-corrected chi connectivity index (χ2v) is 15.2. The summed E-state index contributed by atoms with van der Waals surface area (Å²) in [5.41, 5.74) is 30.3. The number of pyridine rings is 4. The van der Waals surface area contributed by atoms with Gasteiger partial charge in [-0.3, -0.25) is 19.2 Å². The number of hydrogen-bond donors (Lipinski definition) is 6. The monoisotopic (exact) mass is 800 g/mol. The zero-order valence-electron chi connectivity index (χ0n) is 33.1. The van der Waals surface area contributed by atoms with E-state index >= 15 is 0 Å². The fraction of sp³-hybridized carbons (Fsp3) is 0.227. The van der Waals surface area contributed by atoms with Gasteiger partial charge in [0.05, 0.1) is 47.2 Å². The topological polar surface area (TPSA) is 296 Å². The lowest BCUT2D eigenvalue weighted by molar-refractivity contribution is -0.118. The Morgan fingerprint density at radius 3 is 1.32 bits per heavy atom. The van der Waals surface area contributed by atoms with E-state index in [4.69, 9.17) is 33.5 Å². The molecule has 2 aliphatic carbocycles. The zero-order valence-corrected chi connectivity index (χ0v) is 33.1. The number of hydrogen-bond acceptors (Lipinski definition) is 12. The van der Waals surface area contributed by atoms with Crippen molar-refractivity contribution >= 4 is 68.4 Å². The Balaban J connectivity index is 0.000000181. The largest absolute Gasteiger partial charge is 0.383 e. The zero-order chi connectivity index (χ0) is 43.2. The van der Waals surface area contributed by atoms with Gasteiger partial charge in [0, 0.05) is 45.4 Å². The van der Waals surface area contributed by atoms with E-state index in [1.54, 1.807) is 36.7 Å². The number of primary amides is 2. The highest BCUT2D eigenvalue weighted by atomic mass is 16.2. The molecule has 0 bridgehead atoms. The average molecular weight is 801 g/mol. The van der Waals surface area contributed by atoms with E-state index in [9.17, 15) is 19.2 Å². The summed E-state index contributed by atoms with van der Waals surface area (Å²) in [4.78, 5) is 65.4. The number of aryl methyl sites for hydroxylation is 4. The number of rotatable bonds is 8. The lowest BCUT2D eigenvalue weighted by atomic mass is 9.96. The van der Waals surface area contributed by atoms with E-state index in [2.05, 4.69) is 42.7 Å². The molecule has 16 heteroatoms. The van der Waals surface area contributed by atoms with Crippen molar-refractivity contribution in [2.45, 2.75) is 40.5 Å². The van der Waals surface area contributed by atoms with Gasteiger partial charge in [-0.1, -0.05) is 12.1 Å². The number of nitrogens with zero attached hydrogens (tertiary/aromatic N) is 6. The first-order chi connectivity index (χ1) is 28.6. The summed E-state index contributed by atoms with van der Waals surface area (Å²) in [5.74, 6) is -1.10. The molecular formula is C44H40N12O4. The summed E-state index contributed by atoms with van der Waals surface area (Å²) in [5, 5.41) is 26.1. The van der Waals surface area contributed by atoms with Gasteiger partial charge in [0.25, 0.3) is 0 Å². The Kier molecular flexibility index (Phi) is 10.6. The van der Waals surface area contributed by atoms with Gasteiger partial charge < -0.3 is 33.6 Å². The van der Waals surface area contributed by atoms with Crippen LogP contribution in [-0.4, -0.2) is 43.6 Å². The van der Waals surface area contributed by atoms with Crippen molar-refractivity contribution < 1.29 is 19.2 Å². The van der Waals surface area contributed by atoms with Crippen LogP contribution in [0.1, 0.15) is 55.8 Å². The minimum Gasteiger partial charge on any atom is -0.383 e. The number of nitriles is 2. The number of nitrogen functional groups attached to an aromatic ring is 2. The molecule has 4 aromatic heterocycles. The fourth-order valence-corrected chi connectivity index (χ4v) is 7.24. The van der Waals surface area contributed by atoms with Crippen molar-refractivity contribution in [2.24, 2.45) is 35.1 Å². The normalized spacial score (nSPS) is 17.4. The number of benzene rings is 2. The molecule has 0 aliphatic heterocycles. The highest BCUT2D eigenvalue weighted by Crippen LogP contribution is 2.40. The molecule has 4 amide bonds. The molecule has 6 aromatic rings. The smallest absolute Gasteiger partial charge is 0.248 e. The third-order valence-corrected chi connectivity index (χ3v) is 10.8. The van der Waals surface area contributed by atoms with Crippen LogP contribution in [0.2, 0.25) is 0 Å². The summed E-state index contributed by atoms with van der Waals surface area (Å²) in [6, 6.07) is 18.5. The maximum Gasteiger partial charge on any atom is 0.248 e. The third kappa shape index (κ3) is 8.07. The fourth-order valence-electron chi connectivity index (χ4n) is 7.24. The number of carbonyl (C=O) groups is 4. The van der Waals surface area contributed by atoms with E-state index in [1.807, 2.05) is 52.0 Å². The van der Waals surface area contributed by atoms with E-state index < -0.39 is 11.8 Å². The van der Waals surface area contributed by atoms with Crippen LogP contribution < -0.4 is 33.6 Å². The highest BCUT2D eigenvalue weighted by molar-refractivity contribution is 6.01. The van der Waals surface area contributed by atoms with Crippen LogP contribution in [0, 0.1) is 74.0 Å². The number of nitrogens with one attached hydrogen (secondary N) is 2. The van der Waals surface area contributed by atoms with Gasteiger partial charge in [-0.05, 0) is 110 Å². The van der Waals surface area contributed by atoms with Crippen LogP contribution in [0.15, 0.2) is 60.9 Å². The predicted molar refractivity (Wildman–Crippen MR) is 226 cm³/mol. The van der Waals surface area contributed by atoms with Crippen molar-refractivity contribution in [2.75, 3.05) is 22.1 Å². The van der Waals surface area contributed by atoms with Crippen molar-refractivity contribution in [3.63, 3.8) is 0 Å². The van der Waals surface area contributed by atoms with Crippen LogP contribution in [-0.2, 0) is 9.59 Å². The van der Waals surface area contributed by atoms with Crippen molar-refractivity contribution in [3.05, 3.63) is 94.3 Å². The van der Waals surface area contributed by atoms with Crippen molar-refractivity contribution in [1.82, 2.24) is 19.9 Å². The van der Waals surface area contributed by atoms with E-state index in [1.165, 1.54) is 0 Å². The van der Waals surface area contributed by atoms with Gasteiger partial charge in [-0.15, -0.1) is 0 Å². The number of fused-ring (bicyclic) bond motifs is 2. The van der Waals surface area contributed by atoms with Crippen LogP contribution in [0.25, 0.3) is 44.1 Å². The van der Waals surface area contributed by atoms with Crippen LogP contribution in [0.4, 0.5) is 23.3 Å². The molecule has 60 heavy (non-hydrogen) atoms. The lowest BCUT2D eigenvalue weighted by Crippen LogP contribution is -2.15. The average Bonchev–Trinajstić information content (AvgIpc) is 4.13. The van der Waals surface area contributed by atoms with Gasteiger partial charge in [0.15, 0.2) is 0 Å². The minimum absolute atomic E-state index is 0.212. The Hall–Kier alpha value is -7.98. The first-order valence-corrected chi connectivity index (χ1v) is 18.9. The Morgan fingerprint density at radius 2 is 0.983 bits per heavy atom. The van der Waals surface area contributed by atoms with Gasteiger partial charge in [-0.2, -0.15) is 10.5 Å². The molecule has 0 radical (unpaired) electrons. The maximum absolute atomic E-state index is 12.2.